The number of hydrogen-bond donors (Lipinski definition) is 1. The van der Waals surface area contributed by atoms with E-state index in [2.05, 4.69) is 17.4 Å². The third-order valence-corrected chi connectivity index (χ3v) is 4.71. The maximum absolute atomic E-state index is 11.2. The summed E-state index contributed by atoms with van der Waals surface area (Å²) in [4.78, 5) is 11.2. The van der Waals surface area contributed by atoms with Crippen molar-refractivity contribution >= 4 is 18.6 Å². The first-order chi connectivity index (χ1) is 9.67. The Labute approximate surface area is 126 Å². The van der Waals surface area contributed by atoms with Crippen LogP contribution in [-0.4, -0.2) is 25.4 Å². The smallest absolute Gasteiger partial charge is 0.309 e. The van der Waals surface area contributed by atoms with Gasteiger partial charge in [-0.25, -0.2) is 0 Å². The first kappa shape index (κ1) is 15.2. The number of rotatable bonds is 6. The number of carbonyl (C=O) groups is 1. The maximum Gasteiger partial charge on any atom is 0.309 e. The highest BCUT2D eigenvalue weighted by Crippen LogP contribution is 2.39. The summed E-state index contributed by atoms with van der Waals surface area (Å²) >= 11 is 4.48. The molecule has 0 aromatic heterocycles. The van der Waals surface area contributed by atoms with Crippen molar-refractivity contribution < 1.29 is 14.3 Å². The number of carbonyl (C=O) groups excluding carboxylic acids is 1. The molecule has 0 N–H and O–H groups in total. The van der Waals surface area contributed by atoms with Crippen LogP contribution in [0.5, 0.6) is 5.75 Å². The molecule has 1 aliphatic carbocycles. The summed E-state index contributed by atoms with van der Waals surface area (Å²) < 4.78 is 10.6. The molecule has 2 rings (SSSR count). The minimum atomic E-state index is -0.223. The van der Waals surface area contributed by atoms with Crippen LogP contribution in [0, 0.1) is 5.41 Å². The van der Waals surface area contributed by atoms with Crippen molar-refractivity contribution in [2.24, 2.45) is 5.41 Å². The van der Waals surface area contributed by atoms with E-state index < -0.39 is 0 Å². The number of hydrogen-bond acceptors (Lipinski definition) is 4. The monoisotopic (exact) mass is 294 g/mol. The Bertz CT molecular complexity index is 436. The lowest BCUT2D eigenvalue weighted by Gasteiger charge is -2.26. The van der Waals surface area contributed by atoms with Gasteiger partial charge < -0.3 is 9.47 Å². The summed E-state index contributed by atoms with van der Waals surface area (Å²) in [6.07, 6.45) is 5.27. The van der Waals surface area contributed by atoms with Crippen molar-refractivity contribution in [3.05, 3.63) is 29.8 Å². The summed E-state index contributed by atoms with van der Waals surface area (Å²) in [6.45, 7) is 0.729. The summed E-state index contributed by atoms with van der Waals surface area (Å²) in [5.41, 5.74) is 1.18. The van der Waals surface area contributed by atoms with Crippen LogP contribution in [0.4, 0.5) is 0 Å². The fourth-order valence-electron chi connectivity index (χ4n) is 2.65. The van der Waals surface area contributed by atoms with Gasteiger partial charge in [-0.15, -0.1) is 0 Å². The van der Waals surface area contributed by atoms with E-state index in [-0.39, 0.29) is 11.4 Å². The van der Waals surface area contributed by atoms with Gasteiger partial charge in [0.2, 0.25) is 0 Å². The second-order valence-corrected chi connectivity index (χ2v) is 5.87. The SMILES string of the molecule is COC(=O)Cc1ccc(OCC2(CS)CCCC2)cc1. The van der Waals surface area contributed by atoms with Crippen LogP contribution in [0.2, 0.25) is 0 Å². The minimum absolute atomic E-state index is 0.223. The van der Waals surface area contributed by atoms with Gasteiger partial charge in [0.05, 0.1) is 20.1 Å². The van der Waals surface area contributed by atoms with Gasteiger partial charge in [-0.2, -0.15) is 12.6 Å². The molecule has 0 atom stereocenters. The molecule has 0 unspecified atom stereocenters. The summed E-state index contributed by atoms with van der Waals surface area (Å²) in [5.74, 6) is 1.51. The summed E-state index contributed by atoms with van der Waals surface area (Å²) in [7, 11) is 1.40. The first-order valence-corrected chi connectivity index (χ1v) is 7.70. The molecule has 0 amide bonds. The normalized spacial score (nSPS) is 16.9. The topological polar surface area (TPSA) is 35.5 Å². The molecule has 0 bridgehead atoms. The third kappa shape index (κ3) is 3.92. The number of esters is 1. The lowest BCUT2D eigenvalue weighted by molar-refractivity contribution is -0.139. The fraction of sp³-hybridized carbons (Fsp3) is 0.562. The van der Waals surface area contributed by atoms with Crippen LogP contribution in [0.25, 0.3) is 0 Å². The number of thiol groups is 1. The zero-order valence-corrected chi connectivity index (χ0v) is 12.8. The molecule has 0 heterocycles. The highest BCUT2D eigenvalue weighted by atomic mass is 32.1. The molecule has 110 valence electrons. The van der Waals surface area contributed by atoms with Crippen molar-refractivity contribution in [2.45, 2.75) is 32.1 Å². The molecule has 4 heteroatoms. The van der Waals surface area contributed by atoms with Crippen molar-refractivity contribution in [3.63, 3.8) is 0 Å². The Kier molecular flexibility index (Phi) is 5.35. The highest BCUT2D eigenvalue weighted by molar-refractivity contribution is 7.80. The molecule has 0 aliphatic heterocycles. The van der Waals surface area contributed by atoms with E-state index in [0.29, 0.717) is 6.42 Å². The Morgan fingerprint density at radius 2 is 1.90 bits per heavy atom. The second kappa shape index (κ2) is 7.02. The Hall–Kier alpha value is -1.16. The van der Waals surface area contributed by atoms with Crippen LogP contribution in [0.3, 0.4) is 0 Å². The van der Waals surface area contributed by atoms with Crippen LogP contribution in [0.1, 0.15) is 31.2 Å². The predicted octanol–water partition coefficient (Wildman–Crippen LogP) is 3.27. The van der Waals surface area contributed by atoms with Crippen LogP contribution in [-0.2, 0) is 16.0 Å². The van der Waals surface area contributed by atoms with Crippen LogP contribution in [0.15, 0.2) is 24.3 Å². The third-order valence-electron chi connectivity index (χ3n) is 4.04. The van der Waals surface area contributed by atoms with Gasteiger partial charge in [-0.05, 0) is 36.3 Å². The van der Waals surface area contributed by atoms with E-state index in [1.165, 1.54) is 32.8 Å². The van der Waals surface area contributed by atoms with Crippen LogP contribution >= 0.6 is 12.6 Å². The average Bonchev–Trinajstić information content (AvgIpc) is 2.96. The number of ether oxygens (including phenoxy) is 2. The number of methoxy groups -OCH3 is 1. The second-order valence-electron chi connectivity index (χ2n) is 5.55. The zero-order valence-electron chi connectivity index (χ0n) is 11.9. The molecular weight excluding hydrogens is 272 g/mol. The lowest BCUT2D eigenvalue weighted by Crippen LogP contribution is -2.27. The van der Waals surface area contributed by atoms with E-state index >= 15 is 0 Å². The average molecular weight is 294 g/mol. The van der Waals surface area contributed by atoms with Crippen molar-refractivity contribution in [1.29, 1.82) is 0 Å². The van der Waals surface area contributed by atoms with Crippen LogP contribution < -0.4 is 4.74 Å². The molecule has 1 saturated carbocycles. The van der Waals surface area contributed by atoms with E-state index in [0.717, 1.165) is 23.7 Å². The molecule has 3 nitrogen and oxygen atoms in total. The zero-order chi connectivity index (χ0) is 14.4. The van der Waals surface area contributed by atoms with Crippen molar-refractivity contribution in [3.8, 4) is 5.75 Å². The fourth-order valence-corrected chi connectivity index (χ4v) is 3.06. The molecule has 1 aliphatic rings. The molecular formula is C16H22O3S. The van der Waals surface area contributed by atoms with Crippen molar-refractivity contribution in [1.82, 2.24) is 0 Å². The molecule has 1 fully saturated rings. The van der Waals surface area contributed by atoms with Gasteiger partial charge in [-0.1, -0.05) is 25.0 Å². The van der Waals surface area contributed by atoms with Gasteiger partial charge >= 0.3 is 5.97 Å². The maximum atomic E-state index is 11.2. The first-order valence-electron chi connectivity index (χ1n) is 7.07. The molecule has 0 radical (unpaired) electrons. The largest absolute Gasteiger partial charge is 0.493 e. The lowest BCUT2D eigenvalue weighted by atomic mass is 9.90. The Morgan fingerprint density at radius 3 is 2.45 bits per heavy atom. The van der Waals surface area contributed by atoms with E-state index in [1.54, 1.807) is 0 Å². The van der Waals surface area contributed by atoms with Gasteiger partial charge in [0.15, 0.2) is 0 Å². The van der Waals surface area contributed by atoms with Gasteiger partial charge in [0.1, 0.15) is 5.75 Å². The number of benzene rings is 1. The minimum Gasteiger partial charge on any atom is -0.493 e. The van der Waals surface area contributed by atoms with Gasteiger partial charge in [0.25, 0.3) is 0 Å². The molecule has 1 aromatic rings. The van der Waals surface area contributed by atoms with Gasteiger partial charge in [0, 0.05) is 5.41 Å². The van der Waals surface area contributed by atoms with Crippen molar-refractivity contribution in [2.75, 3.05) is 19.5 Å². The quantitative estimate of drug-likeness (QED) is 0.646. The summed E-state index contributed by atoms with van der Waals surface area (Å²) in [5, 5.41) is 0. The van der Waals surface area contributed by atoms with E-state index in [1.807, 2.05) is 24.3 Å². The van der Waals surface area contributed by atoms with E-state index in [4.69, 9.17) is 4.74 Å². The Balaban J connectivity index is 1.89. The molecule has 20 heavy (non-hydrogen) atoms. The molecule has 0 saturated heterocycles. The van der Waals surface area contributed by atoms with Gasteiger partial charge in [-0.3, -0.25) is 4.79 Å². The molecule has 1 aromatic carbocycles. The highest BCUT2D eigenvalue weighted by Gasteiger charge is 2.33. The Morgan fingerprint density at radius 1 is 1.25 bits per heavy atom. The predicted molar refractivity (Wildman–Crippen MR) is 82.4 cm³/mol. The molecule has 0 spiro atoms. The standard InChI is InChI=1S/C16H22O3S/c1-18-15(17)10-13-4-6-14(7-5-13)19-11-16(12-20)8-2-3-9-16/h4-7,20H,2-3,8-12H2,1H3. The van der Waals surface area contributed by atoms with E-state index in [9.17, 15) is 4.79 Å². The summed E-state index contributed by atoms with van der Waals surface area (Å²) in [6, 6.07) is 7.65.